The molecule has 0 radical (unpaired) electrons. The van der Waals surface area contributed by atoms with E-state index >= 15 is 0 Å². The monoisotopic (exact) mass is 549 g/mol. The molecular formula is C24H27N3O8S2. The Balaban J connectivity index is 1.82. The number of nitrogens with one attached hydrogen (secondary N) is 1. The van der Waals surface area contributed by atoms with Crippen LogP contribution in [0.25, 0.3) is 0 Å². The second kappa shape index (κ2) is 12.6. The molecule has 0 aliphatic rings. The van der Waals surface area contributed by atoms with Crippen LogP contribution in [0.5, 0.6) is 17.5 Å². The van der Waals surface area contributed by atoms with Gasteiger partial charge in [-0.25, -0.2) is 13.4 Å². The smallest absolute Gasteiger partial charge is 0.311 e. The van der Waals surface area contributed by atoms with Crippen LogP contribution in [0, 0.1) is 0 Å². The van der Waals surface area contributed by atoms with E-state index in [1.54, 1.807) is 19.2 Å². The van der Waals surface area contributed by atoms with Gasteiger partial charge in [-0.15, -0.1) is 11.3 Å². The number of amides is 1. The summed E-state index contributed by atoms with van der Waals surface area (Å²) in [5.41, 5.74) is 0.659. The molecule has 0 spiro atoms. The second-order valence-corrected chi connectivity index (χ2v) is 10.7. The highest BCUT2D eigenvalue weighted by molar-refractivity contribution is 7.90. The molecule has 0 unspecified atom stereocenters. The van der Waals surface area contributed by atoms with Crippen LogP contribution < -0.4 is 14.8 Å². The van der Waals surface area contributed by atoms with E-state index in [1.807, 2.05) is 0 Å². The van der Waals surface area contributed by atoms with Crippen molar-refractivity contribution >= 4 is 38.2 Å². The maximum absolute atomic E-state index is 13.0. The molecular weight excluding hydrogens is 522 g/mol. The van der Waals surface area contributed by atoms with Crippen molar-refractivity contribution in [1.29, 1.82) is 0 Å². The Morgan fingerprint density at radius 3 is 2.46 bits per heavy atom. The Labute approximate surface area is 218 Å². The minimum atomic E-state index is -3.36. The van der Waals surface area contributed by atoms with Crippen molar-refractivity contribution in [2.24, 2.45) is 0 Å². The lowest BCUT2D eigenvalue weighted by atomic mass is 10.2. The molecule has 3 rings (SSSR count). The molecule has 37 heavy (non-hydrogen) atoms. The number of ether oxygens (including phenoxy) is 4. The summed E-state index contributed by atoms with van der Waals surface area (Å²) >= 11 is 1.17. The number of aromatic nitrogens is 2. The van der Waals surface area contributed by atoms with Gasteiger partial charge in [0.2, 0.25) is 11.8 Å². The average Bonchev–Trinajstić information content (AvgIpc) is 3.25. The number of benzene rings is 1. The van der Waals surface area contributed by atoms with Gasteiger partial charge in [-0.05, 0) is 38.1 Å². The fourth-order valence-electron chi connectivity index (χ4n) is 3.05. The minimum absolute atomic E-state index is 0.000946. The summed E-state index contributed by atoms with van der Waals surface area (Å²) in [6, 6.07) is 8.67. The van der Waals surface area contributed by atoms with Gasteiger partial charge in [0.25, 0.3) is 5.91 Å². The molecule has 11 nitrogen and oxygen atoms in total. The van der Waals surface area contributed by atoms with Crippen molar-refractivity contribution in [3.8, 4) is 17.5 Å². The lowest BCUT2D eigenvalue weighted by Gasteiger charge is -2.15. The molecule has 2 heterocycles. The quantitative estimate of drug-likeness (QED) is 0.333. The zero-order chi connectivity index (χ0) is 27.0. The molecule has 0 saturated heterocycles. The molecule has 0 saturated carbocycles. The number of pyridine rings is 1. The molecule has 0 fully saturated rings. The van der Waals surface area contributed by atoms with E-state index in [9.17, 15) is 18.0 Å². The number of anilines is 1. The Bertz CT molecular complexity index is 1340. The van der Waals surface area contributed by atoms with Gasteiger partial charge in [0.15, 0.2) is 15.0 Å². The van der Waals surface area contributed by atoms with Gasteiger partial charge < -0.3 is 18.9 Å². The first kappa shape index (κ1) is 28.0. The van der Waals surface area contributed by atoms with Crippen molar-refractivity contribution in [2.45, 2.75) is 31.3 Å². The molecule has 1 N–H and O–H groups in total. The predicted octanol–water partition coefficient (Wildman–Crippen LogP) is 3.51. The zero-order valence-corrected chi connectivity index (χ0v) is 22.4. The van der Waals surface area contributed by atoms with Crippen LogP contribution in [0.3, 0.4) is 0 Å². The van der Waals surface area contributed by atoms with Crippen molar-refractivity contribution in [3.05, 3.63) is 53.0 Å². The summed E-state index contributed by atoms with van der Waals surface area (Å²) in [5, 5.41) is 4.65. The number of carbonyl (C=O) groups is 2. The van der Waals surface area contributed by atoms with Crippen molar-refractivity contribution in [3.63, 3.8) is 0 Å². The molecule has 2 aromatic heterocycles. The van der Waals surface area contributed by atoms with Crippen LogP contribution in [-0.2, 0) is 30.5 Å². The third-order valence-corrected chi connectivity index (χ3v) is 6.58. The second-order valence-electron chi connectivity index (χ2n) is 7.84. The molecule has 0 bridgehead atoms. The zero-order valence-electron chi connectivity index (χ0n) is 20.7. The number of rotatable bonds is 12. The number of esters is 1. The third-order valence-electron chi connectivity index (χ3n) is 4.64. The Morgan fingerprint density at radius 1 is 1.11 bits per heavy atom. The number of thiazole rings is 1. The van der Waals surface area contributed by atoms with Gasteiger partial charge in [-0.3, -0.25) is 14.9 Å². The first-order valence-electron chi connectivity index (χ1n) is 11.1. The maximum Gasteiger partial charge on any atom is 0.311 e. The van der Waals surface area contributed by atoms with Crippen molar-refractivity contribution < 1.29 is 37.0 Å². The van der Waals surface area contributed by atoms with E-state index in [0.717, 1.165) is 6.26 Å². The molecule has 0 aliphatic carbocycles. The first-order chi connectivity index (χ1) is 17.6. The van der Waals surface area contributed by atoms with Gasteiger partial charge >= 0.3 is 5.97 Å². The largest absolute Gasteiger partial charge is 0.472 e. The Kier molecular flexibility index (Phi) is 9.55. The van der Waals surface area contributed by atoms with E-state index in [0.29, 0.717) is 23.2 Å². The van der Waals surface area contributed by atoms with Crippen LogP contribution in [0.15, 0.2) is 46.7 Å². The summed E-state index contributed by atoms with van der Waals surface area (Å²) < 4.78 is 45.0. The normalized spacial score (nSPS) is 12.0. The molecule has 198 valence electrons. The van der Waals surface area contributed by atoms with E-state index in [2.05, 4.69) is 15.3 Å². The lowest BCUT2D eigenvalue weighted by molar-refractivity contribution is -0.142. The topological polar surface area (TPSA) is 143 Å². The summed E-state index contributed by atoms with van der Waals surface area (Å²) in [6.45, 7) is 4.07. The number of methoxy groups -OCH3 is 1. The van der Waals surface area contributed by atoms with Gasteiger partial charge in [0.1, 0.15) is 11.9 Å². The number of sulfone groups is 1. The van der Waals surface area contributed by atoms with Gasteiger partial charge in [0.05, 0.1) is 35.8 Å². The van der Waals surface area contributed by atoms with Crippen LogP contribution in [0.4, 0.5) is 5.13 Å². The van der Waals surface area contributed by atoms with Crippen LogP contribution in [-0.4, -0.2) is 62.9 Å². The highest BCUT2D eigenvalue weighted by atomic mass is 32.2. The molecule has 13 heteroatoms. The van der Waals surface area contributed by atoms with Crippen LogP contribution in [0.2, 0.25) is 0 Å². The standard InChI is InChI=1S/C24H27N3O8S2/c1-5-33-22(28)12-17-14-36-24(25-17)27-23(29)16-10-20(34-15(2)13-32-3)26-21(11-16)35-18-6-8-19(9-7-18)37(4,30)31/h6-11,14-15H,5,12-13H2,1-4H3,(H,25,27,29)/t15-/m1/s1. The van der Waals surface area contributed by atoms with E-state index in [-0.39, 0.29) is 41.4 Å². The van der Waals surface area contributed by atoms with Crippen LogP contribution >= 0.6 is 11.3 Å². The van der Waals surface area contributed by atoms with Gasteiger partial charge in [0, 0.05) is 30.9 Å². The number of nitrogens with zero attached hydrogens (tertiary/aromatic N) is 2. The molecule has 1 amide bonds. The Hall–Kier alpha value is -3.55. The fraction of sp³-hybridized carbons (Fsp3) is 0.333. The first-order valence-corrected chi connectivity index (χ1v) is 13.9. The maximum atomic E-state index is 13.0. The lowest BCUT2D eigenvalue weighted by Crippen LogP contribution is -2.19. The highest BCUT2D eigenvalue weighted by Crippen LogP contribution is 2.26. The molecule has 0 aliphatic heterocycles. The highest BCUT2D eigenvalue weighted by Gasteiger charge is 2.17. The van der Waals surface area contributed by atoms with E-state index in [4.69, 9.17) is 18.9 Å². The summed E-state index contributed by atoms with van der Waals surface area (Å²) in [7, 11) is -1.82. The Morgan fingerprint density at radius 2 is 1.81 bits per heavy atom. The number of hydrogen-bond donors (Lipinski definition) is 1. The number of hydrogen-bond acceptors (Lipinski definition) is 11. The van der Waals surface area contributed by atoms with E-state index < -0.39 is 21.7 Å². The summed E-state index contributed by atoms with van der Waals surface area (Å²) in [5.74, 6) is -0.403. The van der Waals surface area contributed by atoms with Gasteiger partial charge in [-0.1, -0.05) is 0 Å². The van der Waals surface area contributed by atoms with E-state index in [1.165, 1.54) is 54.8 Å². The summed E-state index contributed by atoms with van der Waals surface area (Å²) in [4.78, 5) is 33.4. The average molecular weight is 550 g/mol. The minimum Gasteiger partial charge on any atom is -0.472 e. The molecule has 1 atom stereocenters. The van der Waals surface area contributed by atoms with Crippen LogP contribution in [0.1, 0.15) is 29.9 Å². The van der Waals surface area contributed by atoms with Crippen molar-refractivity contribution in [2.75, 3.05) is 31.9 Å². The molecule has 3 aromatic rings. The third kappa shape index (κ3) is 8.51. The van der Waals surface area contributed by atoms with Crippen molar-refractivity contribution in [1.82, 2.24) is 9.97 Å². The SMILES string of the molecule is CCOC(=O)Cc1csc(NC(=O)c2cc(Oc3ccc(S(C)(=O)=O)cc3)nc(O[C@H](C)COC)c2)n1. The molecule has 1 aromatic carbocycles. The summed E-state index contributed by atoms with van der Waals surface area (Å²) in [6.07, 6.45) is 0.752. The predicted molar refractivity (Wildman–Crippen MR) is 136 cm³/mol. The fourth-order valence-corrected chi connectivity index (χ4v) is 4.39. The van der Waals surface area contributed by atoms with Gasteiger partial charge in [-0.2, -0.15) is 4.98 Å². The number of carbonyl (C=O) groups excluding carboxylic acids is 2.